The van der Waals surface area contributed by atoms with Gasteiger partial charge in [0.05, 0.1) is 11.5 Å². The van der Waals surface area contributed by atoms with Crippen molar-refractivity contribution in [3.05, 3.63) is 53.4 Å². The number of hydrogen-bond donors (Lipinski definition) is 1. The number of benzene rings is 1. The summed E-state index contributed by atoms with van der Waals surface area (Å²) in [5.74, 6) is 0.195. The number of amides is 1. The maximum Gasteiger partial charge on any atom is 0.273 e. The summed E-state index contributed by atoms with van der Waals surface area (Å²) < 4.78 is 27.5. The normalized spacial score (nSPS) is 17.5. The van der Waals surface area contributed by atoms with Crippen LogP contribution in [0.25, 0.3) is 0 Å². The highest BCUT2D eigenvalue weighted by Crippen LogP contribution is 2.11. The third-order valence-electron chi connectivity index (χ3n) is 3.99. The Morgan fingerprint density at radius 2 is 1.79 bits per heavy atom. The van der Waals surface area contributed by atoms with Crippen LogP contribution in [0.1, 0.15) is 21.6 Å². The van der Waals surface area contributed by atoms with E-state index in [0.29, 0.717) is 19.6 Å². The number of carbonyl (C=O) groups excluding carboxylic acids is 1. The van der Waals surface area contributed by atoms with Crippen LogP contribution in [0, 0.1) is 0 Å². The molecule has 1 N–H and O–H groups in total. The van der Waals surface area contributed by atoms with Crippen molar-refractivity contribution in [2.24, 2.45) is 0 Å². The van der Waals surface area contributed by atoms with Gasteiger partial charge in [0.15, 0.2) is 15.5 Å². The summed E-state index contributed by atoms with van der Waals surface area (Å²) in [6.07, 6.45) is 1.36. The minimum Gasteiger partial charge on any atom is -0.364 e. The first kappa shape index (κ1) is 16.7. The number of nitrogens with one attached hydrogen (secondary N) is 1. The average molecular weight is 349 g/mol. The van der Waals surface area contributed by atoms with E-state index < -0.39 is 9.84 Å². The molecule has 3 rings (SSSR count). The summed E-state index contributed by atoms with van der Waals surface area (Å²) in [5, 5.41) is 6.36. The lowest BCUT2D eigenvalue weighted by atomic mass is 10.1. The van der Waals surface area contributed by atoms with E-state index in [2.05, 4.69) is 19.9 Å². The lowest BCUT2D eigenvalue weighted by Gasteiger charge is -2.26. The smallest absolute Gasteiger partial charge is 0.273 e. The van der Waals surface area contributed by atoms with E-state index in [1.54, 1.807) is 0 Å². The zero-order valence-electron chi connectivity index (χ0n) is 13.1. The molecule has 1 aliphatic rings. The summed E-state index contributed by atoms with van der Waals surface area (Å²) in [4.78, 5) is 13.9. The van der Waals surface area contributed by atoms with E-state index in [9.17, 15) is 13.2 Å². The lowest BCUT2D eigenvalue weighted by Crippen LogP contribution is -2.39. The standard InChI is InChI=1S/C16H19N3O4S/c20-16(15-5-8-23-18-15)17-11-13-1-3-14(4-2-13)12-19-6-9-24(21,22)10-7-19/h1-5,8H,6-7,9-12H2,(H,17,20). The Labute approximate surface area is 140 Å². The highest BCUT2D eigenvalue weighted by atomic mass is 32.2. The molecule has 1 amide bonds. The summed E-state index contributed by atoms with van der Waals surface area (Å²) in [6, 6.07) is 9.43. The molecule has 0 bridgehead atoms. The molecule has 8 heteroatoms. The molecule has 1 saturated heterocycles. The van der Waals surface area contributed by atoms with Gasteiger partial charge in [0.2, 0.25) is 0 Å². The van der Waals surface area contributed by atoms with Crippen LogP contribution >= 0.6 is 0 Å². The number of sulfone groups is 1. The Morgan fingerprint density at radius 3 is 2.42 bits per heavy atom. The van der Waals surface area contributed by atoms with Crippen molar-refractivity contribution < 1.29 is 17.7 Å². The summed E-state index contributed by atoms with van der Waals surface area (Å²) in [7, 11) is -2.84. The van der Waals surface area contributed by atoms with E-state index >= 15 is 0 Å². The Hall–Kier alpha value is -2.19. The number of carbonyl (C=O) groups is 1. The Kier molecular flexibility index (Phi) is 4.96. The molecular weight excluding hydrogens is 330 g/mol. The predicted octanol–water partition coefficient (Wildman–Crippen LogP) is 0.835. The van der Waals surface area contributed by atoms with E-state index in [1.807, 2.05) is 24.3 Å². The highest BCUT2D eigenvalue weighted by Gasteiger charge is 2.21. The number of nitrogens with zero attached hydrogens (tertiary/aromatic N) is 2. The molecule has 0 unspecified atom stereocenters. The van der Waals surface area contributed by atoms with Crippen LogP contribution in [0.4, 0.5) is 0 Å². The molecule has 0 aliphatic carbocycles. The number of rotatable bonds is 5. The van der Waals surface area contributed by atoms with Gasteiger partial charge in [-0.15, -0.1) is 0 Å². The van der Waals surface area contributed by atoms with Gasteiger partial charge in [-0.25, -0.2) is 8.42 Å². The van der Waals surface area contributed by atoms with Crippen LogP contribution in [0.2, 0.25) is 0 Å². The van der Waals surface area contributed by atoms with Crippen molar-refractivity contribution in [3.63, 3.8) is 0 Å². The molecule has 1 aromatic carbocycles. The molecule has 24 heavy (non-hydrogen) atoms. The first-order valence-corrected chi connectivity index (χ1v) is 9.53. The molecule has 2 heterocycles. The van der Waals surface area contributed by atoms with Crippen LogP contribution in [0.15, 0.2) is 41.1 Å². The Morgan fingerprint density at radius 1 is 1.12 bits per heavy atom. The zero-order chi connectivity index (χ0) is 17.0. The molecular formula is C16H19N3O4S. The van der Waals surface area contributed by atoms with Gasteiger partial charge in [-0.05, 0) is 11.1 Å². The molecule has 0 spiro atoms. The van der Waals surface area contributed by atoms with Crippen LogP contribution < -0.4 is 5.32 Å². The lowest BCUT2D eigenvalue weighted by molar-refractivity contribution is 0.0942. The number of hydrogen-bond acceptors (Lipinski definition) is 6. The third-order valence-corrected chi connectivity index (χ3v) is 5.60. The largest absolute Gasteiger partial charge is 0.364 e. The quantitative estimate of drug-likeness (QED) is 0.860. The molecule has 1 fully saturated rings. The fourth-order valence-corrected chi connectivity index (χ4v) is 3.81. The number of aromatic nitrogens is 1. The van der Waals surface area contributed by atoms with Crippen molar-refractivity contribution in [2.45, 2.75) is 13.1 Å². The van der Waals surface area contributed by atoms with Crippen LogP contribution in [0.3, 0.4) is 0 Å². The van der Waals surface area contributed by atoms with E-state index in [0.717, 1.165) is 17.7 Å². The Bertz CT molecular complexity index is 771. The summed E-state index contributed by atoms with van der Waals surface area (Å²) in [6.45, 7) is 2.31. The topological polar surface area (TPSA) is 92.5 Å². The molecule has 128 valence electrons. The molecule has 0 saturated carbocycles. The second kappa shape index (κ2) is 7.14. The second-order valence-corrected chi connectivity index (χ2v) is 8.12. The van der Waals surface area contributed by atoms with Gasteiger partial charge >= 0.3 is 0 Å². The molecule has 0 atom stereocenters. The first-order chi connectivity index (χ1) is 11.5. The second-order valence-electron chi connectivity index (χ2n) is 5.81. The fourth-order valence-electron chi connectivity index (χ4n) is 2.53. The van der Waals surface area contributed by atoms with E-state index in [4.69, 9.17) is 0 Å². The van der Waals surface area contributed by atoms with Crippen molar-refractivity contribution in [1.82, 2.24) is 15.4 Å². The van der Waals surface area contributed by atoms with Gasteiger partial charge in [-0.3, -0.25) is 9.69 Å². The van der Waals surface area contributed by atoms with Gasteiger partial charge in [0.25, 0.3) is 5.91 Å². The van der Waals surface area contributed by atoms with Crippen LogP contribution in [-0.2, 0) is 22.9 Å². The maximum atomic E-state index is 11.8. The third kappa shape index (κ3) is 4.42. The molecule has 2 aromatic rings. The molecule has 7 nitrogen and oxygen atoms in total. The van der Waals surface area contributed by atoms with Crippen molar-refractivity contribution in [1.29, 1.82) is 0 Å². The monoisotopic (exact) mass is 349 g/mol. The summed E-state index contributed by atoms with van der Waals surface area (Å²) in [5.41, 5.74) is 2.37. The summed E-state index contributed by atoms with van der Waals surface area (Å²) >= 11 is 0. The van der Waals surface area contributed by atoms with Gasteiger partial charge in [0, 0.05) is 32.2 Å². The van der Waals surface area contributed by atoms with Gasteiger partial charge < -0.3 is 9.84 Å². The van der Waals surface area contributed by atoms with Gasteiger partial charge in [-0.2, -0.15) is 0 Å². The minimum atomic E-state index is -2.84. The van der Waals surface area contributed by atoms with Crippen LogP contribution in [0.5, 0.6) is 0 Å². The van der Waals surface area contributed by atoms with Crippen LogP contribution in [-0.4, -0.2) is 49.0 Å². The minimum absolute atomic E-state index is 0.235. The molecule has 1 aromatic heterocycles. The van der Waals surface area contributed by atoms with Crippen molar-refractivity contribution in [2.75, 3.05) is 24.6 Å². The molecule has 1 aliphatic heterocycles. The molecule has 0 radical (unpaired) electrons. The highest BCUT2D eigenvalue weighted by molar-refractivity contribution is 7.91. The van der Waals surface area contributed by atoms with Crippen molar-refractivity contribution >= 4 is 15.7 Å². The Balaban J connectivity index is 1.49. The van der Waals surface area contributed by atoms with Gasteiger partial charge in [-0.1, -0.05) is 29.4 Å². The first-order valence-electron chi connectivity index (χ1n) is 7.71. The maximum absolute atomic E-state index is 11.8. The van der Waals surface area contributed by atoms with E-state index in [-0.39, 0.29) is 23.1 Å². The fraction of sp³-hybridized carbons (Fsp3) is 0.375. The SMILES string of the molecule is O=C(NCc1ccc(CN2CCS(=O)(=O)CC2)cc1)c1ccon1. The zero-order valence-corrected chi connectivity index (χ0v) is 14.0. The van der Waals surface area contributed by atoms with Gasteiger partial charge in [0.1, 0.15) is 6.26 Å². The predicted molar refractivity (Wildman–Crippen MR) is 88.0 cm³/mol. The van der Waals surface area contributed by atoms with Crippen molar-refractivity contribution in [3.8, 4) is 0 Å². The average Bonchev–Trinajstić information content (AvgIpc) is 3.10. The van der Waals surface area contributed by atoms with E-state index in [1.165, 1.54) is 12.3 Å².